The molecule has 2 atom stereocenters. The number of carbonyl (C=O) groups excluding carboxylic acids is 1. The van der Waals surface area contributed by atoms with Crippen LogP contribution in [0.3, 0.4) is 0 Å². The molecule has 0 bridgehead atoms. The summed E-state index contributed by atoms with van der Waals surface area (Å²) in [6.07, 6.45) is -0.299. The molecule has 0 aliphatic carbocycles. The number of rotatable bonds is 2. The Labute approximate surface area is 143 Å². The van der Waals surface area contributed by atoms with Gasteiger partial charge in [-0.2, -0.15) is 10.3 Å². The molecule has 3 rings (SSSR count). The molecule has 0 spiro atoms. The average molecular weight is 370 g/mol. The van der Waals surface area contributed by atoms with E-state index in [0.29, 0.717) is 10.2 Å². The van der Waals surface area contributed by atoms with E-state index in [-0.39, 0.29) is 29.2 Å². The zero-order valence-corrected chi connectivity index (χ0v) is 14.2. The molecule has 0 aromatic heterocycles. The monoisotopic (exact) mass is 369 g/mol. The van der Waals surface area contributed by atoms with Crippen molar-refractivity contribution in [1.29, 1.82) is 5.26 Å². The van der Waals surface area contributed by atoms with E-state index >= 15 is 0 Å². The van der Waals surface area contributed by atoms with Gasteiger partial charge in [0, 0.05) is 16.0 Å². The number of hydrogen-bond acceptors (Lipinski definition) is 5. The highest BCUT2D eigenvalue weighted by atomic mass is 35.5. The zero-order valence-electron chi connectivity index (χ0n) is 11.8. The molecule has 1 amide bonds. The van der Waals surface area contributed by atoms with Crippen LogP contribution in [0.1, 0.15) is 6.42 Å². The van der Waals surface area contributed by atoms with E-state index in [4.69, 9.17) is 16.9 Å². The summed E-state index contributed by atoms with van der Waals surface area (Å²) in [4.78, 5) is 17.4. The van der Waals surface area contributed by atoms with E-state index in [0.717, 1.165) is 5.69 Å². The first-order valence-corrected chi connectivity index (χ1v) is 9.88. The normalized spacial score (nSPS) is 27.0. The number of halogens is 1. The van der Waals surface area contributed by atoms with Crippen LogP contribution in [0.5, 0.6) is 0 Å². The summed E-state index contributed by atoms with van der Waals surface area (Å²) in [5.41, 5.74) is 0.731. The predicted octanol–water partition coefficient (Wildman–Crippen LogP) is 1.86. The van der Waals surface area contributed by atoms with Crippen molar-refractivity contribution < 1.29 is 13.2 Å². The number of amides is 1. The summed E-state index contributed by atoms with van der Waals surface area (Å²) >= 11 is 7.18. The van der Waals surface area contributed by atoms with E-state index in [2.05, 4.69) is 4.99 Å². The highest BCUT2D eigenvalue weighted by Gasteiger charge is 2.49. The number of sulfone groups is 1. The largest absolute Gasteiger partial charge is 0.316 e. The summed E-state index contributed by atoms with van der Waals surface area (Å²) in [7, 11) is -3.10. The van der Waals surface area contributed by atoms with Gasteiger partial charge in [-0.1, -0.05) is 23.4 Å². The van der Waals surface area contributed by atoms with Crippen molar-refractivity contribution in [2.24, 2.45) is 4.99 Å². The van der Waals surface area contributed by atoms with Crippen LogP contribution < -0.4 is 4.90 Å². The van der Waals surface area contributed by atoms with E-state index in [1.807, 2.05) is 0 Å². The third-order valence-corrected chi connectivity index (χ3v) is 7.08. The minimum atomic E-state index is -3.10. The summed E-state index contributed by atoms with van der Waals surface area (Å²) in [5, 5.41) is 9.44. The molecule has 2 fully saturated rings. The topological polar surface area (TPSA) is 90.6 Å². The molecular weight excluding hydrogens is 358 g/mol. The van der Waals surface area contributed by atoms with Crippen molar-refractivity contribution in [3.8, 4) is 6.07 Å². The van der Waals surface area contributed by atoms with Crippen molar-refractivity contribution >= 4 is 50.0 Å². The molecule has 2 aliphatic rings. The van der Waals surface area contributed by atoms with Gasteiger partial charge in [-0.25, -0.2) is 8.42 Å². The standard InChI is InChI=1S/C14H12ClN3O3S2/c15-9-1-3-10(4-2-9)18-11-7-23(20,21)8-12(11)22-14(18)17-13(19)5-6-16/h1-4,11-12H,5,7-8H2/t11-,12-/m1/s1. The number of anilines is 1. The summed E-state index contributed by atoms with van der Waals surface area (Å²) < 4.78 is 23.8. The minimum Gasteiger partial charge on any atom is -0.316 e. The number of nitriles is 1. The maximum absolute atomic E-state index is 11.9. The SMILES string of the molecule is N#CCC(=O)N=C1S[C@@H]2CS(=O)(=O)C[C@H]2N1c1ccc(Cl)cc1. The molecular formula is C14H12ClN3O3S2. The van der Waals surface area contributed by atoms with Crippen LogP contribution in [0.4, 0.5) is 5.69 Å². The highest BCUT2D eigenvalue weighted by molar-refractivity contribution is 8.16. The van der Waals surface area contributed by atoms with E-state index in [1.165, 1.54) is 11.8 Å². The molecule has 2 heterocycles. The molecule has 0 N–H and O–H groups in total. The lowest BCUT2D eigenvalue weighted by atomic mass is 10.2. The van der Waals surface area contributed by atoms with Crippen molar-refractivity contribution in [3.63, 3.8) is 0 Å². The number of nitrogens with zero attached hydrogens (tertiary/aromatic N) is 3. The van der Waals surface area contributed by atoms with Gasteiger partial charge in [0.25, 0.3) is 5.91 Å². The number of thioether (sulfide) groups is 1. The maximum atomic E-state index is 11.9. The molecule has 9 heteroatoms. The average Bonchev–Trinajstić information content (AvgIpc) is 2.91. The maximum Gasteiger partial charge on any atom is 0.262 e. The third-order valence-electron chi connectivity index (χ3n) is 3.62. The Morgan fingerprint density at radius 2 is 2.09 bits per heavy atom. The Morgan fingerprint density at radius 1 is 1.39 bits per heavy atom. The smallest absolute Gasteiger partial charge is 0.262 e. The first-order valence-electron chi connectivity index (χ1n) is 6.80. The lowest BCUT2D eigenvalue weighted by molar-refractivity contribution is -0.116. The van der Waals surface area contributed by atoms with Gasteiger partial charge < -0.3 is 4.90 Å². The first kappa shape index (κ1) is 16.3. The Hall–Kier alpha value is -1.56. The molecule has 2 aliphatic heterocycles. The molecule has 1 aromatic rings. The first-order chi connectivity index (χ1) is 10.9. The summed E-state index contributed by atoms with van der Waals surface area (Å²) in [5.74, 6) is -0.437. The Kier molecular flexibility index (Phi) is 4.36. The van der Waals surface area contributed by atoms with Gasteiger partial charge in [-0.3, -0.25) is 4.79 Å². The van der Waals surface area contributed by atoms with Crippen molar-refractivity contribution in [2.45, 2.75) is 17.7 Å². The second-order valence-corrected chi connectivity index (χ2v) is 9.07. The van der Waals surface area contributed by atoms with Crippen LogP contribution in [-0.4, -0.2) is 42.3 Å². The fourth-order valence-corrected chi connectivity index (χ4v) is 6.74. The Morgan fingerprint density at radius 3 is 2.74 bits per heavy atom. The lowest BCUT2D eigenvalue weighted by Crippen LogP contribution is -2.37. The van der Waals surface area contributed by atoms with Crippen LogP contribution in [0.15, 0.2) is 29.3 Å². The molecule has 0 unspecified atom stereocenters. The van der Waals surface area contributed by atoms with Crippen molar-refractivity contribution in [1.82, 2.24) is 0 Å². The van der Waals surface area contributed by atoms with E-state index in [1.54, 1.807) is 35.2 Å². The number of carbonyl (C=O) groups is 1. The molecule has 23 heavy (non-hydrogen) atoms. The van der Waals surface area contributed by atoms with Gasteiger partial charge >= 0.3 is 0 Å². The van der Waals surface area contributed by atoms with Crippen LogP contribution in [-0.2, 0) is 14.6 Å². The Bertz CT molecular complexity index is 815. The van der Waals surface area contributed by atoms with E-state index < -0.39 is 15.7 Å². The highest BCUT2D eigenvalue weighted by Crippen LogP contribution is 2.41. The van der Waals surface area contributed by atoms with Crippen LogP contribution >= 0.6 is 23.4 Å². The fourth-order valence-electron chi connectivity index (χ4n) is 2.68. The number of aliphatic imine (C=N–C) groups is 1. The fraction of sp³-hybridized carbons (Fsp3) is 0.357. The molecule has 2 saturated heterocycles. The van der Waals surface area contributed by atoms with Gasteiger partial charge in [0.2, 0.25) is 0 Å². The van der Waals surface area contributed by atoms with Gasteiger partial charge in [0.15, 0.2) is 15.0 Å². The van der Waals surface area contributed by atoms with Gasteiger partial charge in [0.1, 0.15) is 6.42 Å². The van der Waals surface area contributed by atoms with E-state index in [9.17, 15) is 13.2 Å². The lowest BCUT2D eigenvalue weighted by Gasteiger charge is -2.24. The number of benzene rings is 1. The quantitative estimate of drug-likeness (QED) is 0.790. The van der Waals surface area contributed by atoms with Crippen LogP contribution in [0.2, 0.25) is 5.02 Å². The third kappa shape index (κ3) is 3.37. The van der Waals surface area contributed by atoms with Gasteiger partial charge in [0.05, 0.1) is 23.6 Å². The second kappa shape index (κ2) is 6.15. The van der Waals surface area contributed by atoms with Crippen LogP contribution in [0.25, 0.3) is 0 Å². The van der Waals surface area contributed by atoms with Crippen molar-refractivity contribution in [2.75, 3.05) is 16.4 Å². The number of hydrogen-bond donors (Lipinski definition) is 0. The predicted molar refractivity (Wildman–Crippen MR) is 90.4 cm³/mol. The number of fused-ring (bicyclic) bond motifs is 1. The number of amidine groups is 1. The minimum absolute atomic E-state index is 0.0265. The van der Waals surface area contributed by atoms with Gasteiger partial charge in [-0.05, 0) is 24.3 Å². The van der Waals surface area contributed by atoms with Gasteiger partial charge in [-0.15, -0.1) is 0 Å². The molecule has 6 nitrogen and oxygen atoms in total. The molecule has 0 radical (unpaired) electrons. The Balaban J connectivity index is 1.99. The molecule has 120 valence electrons. The second-order valence-electron chi connectivity index (χ2n) is 5.27. The van der Waals surface area contributed by atoms with Crippen molar-refractivity contribution in [3.05, 3.63) is 29.3 Å². The van der Waals surface area contributed by atoms with Crippen LogP contribution in [0, 0.1) is 11.3 Å². The molecule has 1 aromatic carbocycles. The summed E-state index contributed by atoms with van der Waals surface area (Å²) in [6, 6.07) is 8.44. The zero-order chi connectivity index (χ0) is 16.6. The molecule has 0 saturated carbocycles. The summed E-state index contributed by atoms with van der Waals surface area (Å²) in [6.45, 7) is 0.